The summed E-state index contributed by atoms with van der Waals surface area (Å²) in [7, 11) is 0. The molecule has 0 unspecified atom stereocenters. The van der Waals surface area contributed by atoms with Gasteiger partial charge in [-0.2, -0.15) is 0 Å². The van der Waals surface area contributed by atoms with E-state index in [4.69, 9.17) is 0 Å². The number of rotatable bonds is 1. The van der Waals surface area contributed by atoms with Gasteiger partial charge in [0.25, 0.3) is 0 Å². The predicted octanol–water partition coefficient (Wildman–Crippen LogP) is 3.54. The minimum Gasteiger partial charge on any atom is -0.384 e. The first-order valence-electron chi connectivity index (χ1n) is 6.28. The van der Waals surface area contributed by atoms with Crippen molar-refractivity contribution in [2.75, 3.05) is 11.9 Å². The third kappa shape index (κ3) is 1.20. The van der Waals surface area contributed by atoms with E-state index in [0.717, 1.165) is 12.5 Å². The molecule has 0 bridgehead atoms. The highest BCUT2D eigenvalue weighted by Crippen LogP contribution is 2.63. The zero-order valence-electron chi connectivity index (χ0n) is 9.69. The highest BCUT2D eigenvalue weighted by molar-refractivity contribution is 5.62. The Morgan fingerprint density at radius 2 is 1.71 bits per heavy atom. The molecule has 0 saturated heterocycles. The average Bonchev–Trinajstić information content (AvgIpc) is 3.16. The van der Waals surface area contributed by atoms with Crippen LogP contribution in [0.1, 0.15) is 23.5 Å². The van der Waals surface area contributed by atoms with Gasteiger partial charge in [0.15, 0.2) is 0 Å². The Bertz CT molecular complexity index is 561. The summed E-state index contributed by atoms with van der Waals surface area (Å²) >= 11 is 0. The van der Waals surface area contributed by atoms with Crippen molar-refractivity contribution in [1.82, 2.24) is 0 Å². The topological polar surface area (TPSA) is 12.0 Å². The molecule has 4 rings (SSSR count). The Morgan fingerprint density at radius 3 is 2.59 bits per heavy atom. The molecule has 1 saturated carbocycles. The Kier molecular flexibility index (Phi) is 1.71. The van der Waals surface area contributed by atoms with Crippen LogP contribution in [-0.2, 0) is 5.41 Å². The summed E-state index contributed by atoms with van der Waals surface area (Å²) in [5.74, 6) is 0.724. The zero-order chi connectivity index (χ0) is 11.3. The average molecular weight is 221 g/mol. The molecule has 2 aromatic carbocycles. The van der Waals surface area contributed by atoms with Crippen molar-refractivity contribution in [2.24, 2.45) is 0 Å². The van der Waals surface area contributed by atoms with Crippen molar-refractivity contribution in [1.29, 1.82) is 0 Å². The lowest BCUT2D eigenvalue weighted by atomic mass is 9.87. The van der Waals surface area contributed by atoms with Crippen LogP contribution in [0.2, 0.25) is 0 Å². The molecule has 84 valence electrons. The van der Waals surface area contributed by atoms with Crippen molar-refractivity contribution in [2.45, 2.75) is 17.8 Å². The molecule has 0 spiro atoms. The Morgan fingerprint density at radius 1 is 0.941 bits per heavy atom. The van der Waals surface area contributed by atoms with Gasteiger partial charge >= 0.3 is 0 Å². The van der Waals surface area contributed by atoms with Crippen LogP contribution in [0, 0.1) is 0 Å². The van der Waals surface area contributed by atoms with Gasteiger partial charge < -0.3 is 5.32 Å². The fourth-order valence-electron chi connectivity index (χ4n) is 3.31. The van der Waals surface area contributed by atoms with Gasteiger partial charge in [-0.3, -0.25) is 0 Å². The number of benzene rings is 2. The van der Waals surface area contributed by atoms with Crippen LogP contribution in [0.15, 0.2) is 54.6 Å². The van der Waals surface area contributed by atoms with Gasteiger partial charge in [-0.15, -0.1) is 0 Å². The summed E-state index contributed by atoms with van der Waals surface area (Å²) in [6.45, 7) is 1.08. The molecule has 1 heterocycles. The monoisotopic (exact) mass is 221 g/mol. The number of nitrogens with one attached hydrogen (secondary N) is 1. The highest BCUT2D eigenvalue weighted by atomic mass is 14.9. The maximum Gasteiger partial charge on any atom is 0.0376 e. The molecule has 2 aliphatic rings. The van der Waals surface area contributed by atoms with E-state index in [1.165, 1.54) is 23.2 Å². The predicted molar refractivity (Wildman–Crippen MR) is 70.4 cm³/mol. The number of hydrogen-bond donors (Lipinski definition) is 1. The van der Waals surface area contributed by atoms with Crippen LogP contribution in [-0.4, -0.2) is 6.54 Å². The van der Waals surface area contributed by atoms with Gasteiger partial charge in [-0.1, -0.05) is 48.5 Å². The number of anilines is 1. The zero-order valence-corrected chi connectivity index (χ0v) is 9.69. The largest absolute Gasteiger partial charge is 0.384 e. The second kappa shape index (κ2) is 3.13. The maximum atomic E-state index is 3.59. The van der Waals surface area contributed by atoms with Crippen molar-refractivity contribution in [3.05, 3.63) is 65.7 Å². The summed E-state index contributed by atoms with van der Waals surface area (Å²) < 4.78 is 0. The number of para-hydroxylation sites is 1. The molecule has 0 amide bonds. The van der Waals surface area contributed by atoms with Gasteiger partial charge in [-0.05, 0) is 29.5 Å². The first-order chi connectivity index (χ1) is 8.40. The molecule has 0 aromatic heterocycles. The van der Waals surface area contributed by atoms with Gasteiger partial charge in [0, 0.05) is 17.6 Å². The van der Waals surface area contributed by atoms with Crippen LogP contribution in [0.3, 0.4) is 0 Å². The van der Waals surface area contributed by atoms with E-state index in [1.54, 1.807) is 0 Å². The third-order valence-electron chi connectivity index (χ3n) is 4.35. The summed E-state index contributed by atoms with van der Waals surface area (Å²) in [4.78, 5) is 0. The normalized spacial score (nSPS) is 28.8. The molecule has 1 aliphatic heterocycles. The van der Waals surface area contributed by atoms with Gasteiger partial charge in [0.05, 0.1) is 0 Å². The quantitative estimate of drug-likeness (QED) is 0.776. The van der Waals surface area contributed by atoms with E-state index in [9.17, 15) is 0 Å². The van der Waals surface area contributed by atoms with Crippen LogP contribution in [0.4, 0.5) is 5.69 Å². The Balaban J connectivity index is 1.79. The second-order valence-electron chi connectivity index (χ2n) is 5.22. The molecular weight excluding hydrogens is 206 g/mol. The van der Waals surface area contributed by atoms with E-state index < -0.39 is 0 Å². The van der Waals surface area contributed by atoms with Gasteiger partial charge in [0.1, 0.15) is 0 Å². The molecule has 1 nitrogen and oxygen atoms in total. The Labute approximate surface area is 101 Å². The SMILES string of the molecule is c1ccc([C@]23CNc4ccccc4[C@H]2C3)cc1. The first kappa shape index (κ1) is 9.29. The lowest BCUT2D eigenvalue weighted by Gasteiger charge is -2.26. The maximum absolute atomic E-state index is 3.59. The minimum atomic E-state index is 0.371. The van der Waals surface area contributed by atoms with Crippen LogP contribution in [0.5, 0.6) is 0 Å². The smallest absolute Gasteiger partial charge is 0.0376 e. The van der Waals surface area contributed by atoms with Crippen molar-refractivity contribution >= 4 is 5.69 Å². The molecule has 1 heteroatoms. The van der Waals surface area contributed by atoms with E-state index in [2.05, 4.69) is 59.9 Å². The van der Waals surface area contributed by atoms with Crippen LogP contribution >= 0.6 is 0 Å². The molecule has 17 heavy (non-hydrogen) atoms. The first-order valence-corrected chi connectivity index (χ1v) is 6.28. The van der Waals surface area contributed by atoms with Crippen molar-refractivity contribution < 1.29 is 0 Å². The highest BCUT2D eigenvalue weighted by Gasteiger charge is 2.58. The number of fused-ring (bicyclic) bond motifs is 3. The van der Waals surface area contributed by atoms with Gasteiger partial charge in [0.2, 0.25) is 0 Å². The van der Waals surface area contributed by atoms with E-state index in [1.807, 2.05) is 0 Å². The van der Waals surface area contributed by atoms with E-state index in [0.29, 0.717) is 5.41 Å². The summed E-state index contributed by atoms with van der Waals surface area (Å²) in [5, 5.41) is 3.59. The number of hydrogen-bond acceptors (Lipinski definition) is 1. The Hall–Kier alpha value is -1.76. The molecule has 2 aromatic rings. The summed E-state index contributed by atoms with van der Waals surface area (Å²) in [6, 6.07) is 19.7. The molecule has 2 atom stereocenters. The van der Waals surface area contributed by atoms with Gasteiger partial charge in [-0.25, -0.2) is 0 Å². The lowest BCUT2D eigenvalue weighted by molar-refractivity contribution is 0.684. The third-order valence-corrected chi connectivity index (χ3v) is 4.35. The fourth-order valence-corrected chi connectivity index (χ4v) is 3.31. The molecule has 1 fully saturated rings. The summed E-state index contributed by atoms with van der Waals surface area (Å²) in [6.07, 6.45) is 1.29. The van der Waals surface area contributed by atoms with E-state index >= 15 is 0 Å². The lowest BCUT2D eigenvalue weighted by Crippen LogP contribution is -2.25. The minimum absolute atomic E-state index is 0.371. The standard InChI is InChI=1S/C16H15N/c1-2-6-12(7-3-1)16-10-14(16)13-8-4-5-9-15(13)17-11-16/h1-9,14,17H,10-11H2/t14-,16+/m1/s1. The van der Waals surface area contributed by atoms with Crippen molar-refractivity contribution in [3.63, 3.8) is 0 Å². The molecular formula is C16H15N. The van der Waals surface area contributed by atoms with E-state index in [-0.39, 0.29) is 0 Å². The summed E-state index contributed by atoms with van der Waals surface area (Å²) in [5.41, 5.74) is 4.70. The second-order valence-corrected chi connectivity index (χ2v) is 5.22. The molecule has 1 N–H and O–H groups in total. The molecule has 1 aliphatic carbocycles. The van der Waals surface area contributed by atoms with Crippen LogP contribution in [0.25, 0.3) is 0 Å². The van der Waals surface area contributed by atoms with Crippen molar-refractivity contribution in [3.8, 4) is 0 Å². The van der Waals surface area contributed by atoms with Crippen LogP contribution < -0.4 is 5.32 Å². The fraction of sp³-hybridized carbons (Fsp3) is 0.250. The molecule has 0 radical (unpaired) electrons.